The van der Waals surface area contributed by atoms with Crippen LogP contribution in [0.4, 0.5) is 0 Å². The van der Waals surface area contributed by atoms with E-state index in [9.17, 15) is 9.90 Å². The molecule has 21 heavy (non-hydrogen) atoms. The van der Waals surface area contributed by atoms with E-state index in [1.54, 1.807) is 17.4 Å². The van der Waals surface area contributed by atoms with Crippen LogP contribution >= 0.6 is 11.3 Å². The van der Waals surface area contributed by atoms with Gasteiger partial charge in [-0.2, -0.15) is 0 Å². The lowest BCUT2D eigenvalue weighted by Gasteiger charge is -2.33. The second-order valence-electron chi connectivity index (χ2n) is 5.44. The molecule has 0 radical (unpaired) electrons. The van der Waals surface area contributed by atoms with E-state index in [-0.39, 0.29) is 6.04 Å². The molecule has 3 rings (SSSR count). The predicted octanol–water partition coefficient (Wildman–Crippen LogP) is 3.27. The maximum Gasteiger partial charge on any atom is 0.335 e. The van der Waals surface area contributed by atoms with Gasteiger partial charge in [-0.25, -0.2) is 9.78 Å². The highest BCUT2D eigenvalue weighted by atomic mass is 32.1. The molecule has 0 saturated heterocycles. The first-order valence-corrected chi connectivity index (χ1v) is 7.94. The van der Waals surface area contributed by atoms with Crippen molar-refractivity contribution in [1.29, 1.82) is 0 Å². The highest BCUT2D eigenvalue weighted by Crippen LogP contribution is 2.29. The zero-order valence-electron chi connectivity index (χ0n) is 12.2. The zero-order valence-corrected chi connectivity index (χ0v) is 13.0. The number of carboxylic acids is 1. The van der Waals surface area contributed by atoms with E-state index < -0.39 is 5.97 Å². The molecule has 110 valence electrons. The summed E-state index contributed by atoms with van der Waals surface area (Å²) in [7, 11) is 0. The third kappa shape index (κ3) is 2.71. The number of carbonyl (C=O) groups is 1. The molecule has 0 fully saturated rings. The van der Waals surface area contributed by atoms with Gasteiger partial charge in [-0.3, -0.25) is 4.90 Å². The van der Waals surface area contributed by atoms with Gasteiger partial charge >= 0.3 is 5.97 Å². The molecule has 1 aromatic carbocycles. The second-order valence-corrected chi connectivity index (χ2v) is 6.50. The number of carboxylic acid groups (broad SMARTS) is 1. The summed E-state index contributed by atoms with van der Waals surface area (Å²) >= 11 is 1.67. The summed E-state index contributed by atoms with van der Waals surface area (Å²) in [6, 6.07) is 5.83. The minimum atomic E-state index is -0.830. The number of hydrogen-bond acceptors (Lipinski definition) is 4. The molecule has 0 amide bonds. The van der Waals surface area contributed by atoms with Crippen molar-refractivity contribution in [2.24, 2.45) is 0 Å². The molecule has 1 aromatic heterocycles. The van der Waals surface area contributed by atoms with Gasteiger partial charge in [-0.05, 0) is 37.5 Å². The van der Waals surface area contributed by atoms with Crippen molar-refractivity contribution < 1.29 is 9.90 Å². The van der Waals surface area contributed by atoms with Crippen LogP contribution in [-0.2, 0) is 13.0 Å². The number of aryl methyl sites for hydroxylation is 1. The van der Waals surface area contributed by atoms with Crippen molar-refractivity contribution in [3.05, 3.63) is 51.0 Å². The van der Waals surface area contributed by atoms with Crippen LogP contribution in [0, 0.1) is 6.92 Å². The first kappa shape index (κ1) is 14.2. The number of aromatic nitrogens is 1. The fourth-order valence-electron chi connectivity index (χ4n) is 2.92. The SMILES string of the molecule is Cc1nc(C(C)N2CCc3c(cccc3C(=O)O)C2)cs1. The van der Waals surface area contributed by atoms with Gasteiger partial charge in [0.1, 0.15) is 0 Å². The Morgan fingerprint density at radius 1 is 1.48 bits per heavy atom. The molecule has 5 heteroatoms. The lowest BCUT2D eigenvalue weighted by Crippen LogP contribution is -2.33. The Kier molecular flexibility index (Phi) is 3.78. The molecule has 1 unspecified atom stereocenters. The minimum absolute atomic E-state index is 0.261. The van der Waals surface area contributed by atoms with Crippen molar-refractivity contribution >= 4 is 17.3 Å². The van der Waals surface area contributed by atoms with Crippen LogP contribution in [0.1, 0.15) is 45.2 Å². The van der Waals surface area contributed by atoms with Crippen LogP contribution in [0.25, 0.3) is 0 Å². The summed E-state index contributed by atoms with van der Waals surface area (Å²) in [6.45, 7) is 5.84. The average molecular weight is 302 g/mol. The van der Waals surface area contributed by atoms with E-state index in [4.69, 9.17) is 0 Å². The Morgan fingerprint density at radius 3 is 2.95 bits per heavy atom. The lowest BCUT2D eigenvalue weighted by molar-refractivity contribution is 0.0694. The molecular formula is C16H18N2O2S. The van der Waals surface area contributed by atoms with Gasteiger partial charge in [0.25, 0.3) is 0 Å². The quantitative estimate of drug-likeness (QED) is 0.945. The highest BCUT2D eigenvalue weighted by molar-refractivity contribution is 7.09. The van der Waals surface area contributed by atoms with Gasteiger partial charge in [0.15, 0.2) is 0 Å². The molecule has 0 spiro atoms. The molecular weight excluding hydrogens is 284 g/mol. The van der Waals surface area contributed by atoms with Crippen LogP contribution in [-0.4, -0.2) is 27.5 Å². The Hall–Kier alpha value is -1.72. The summed E-state index contributed by atoms with van der Waals surface area (Å²) in [5, 5.41) is 12.5. The summed E-state index contributed by atoms with van der Waals surface area (Å²) in [5.41, 5.74) is 3.67. The Balaban J connectivity index is 1.85. The van der Waals surface area contributed by atoms with Crippen LogP contribution in [0.15, 0.2) is 23.6 Å². The van der Waals surface area contributed by atoms with E-state index in [0.29, 0.717) is 5.56 Å². The molecule has 2 aromatic rings. The predicted molar refractivity (Wildman–Crippen MR) is 82.8 cm³/mol. The zero-order chi connectivity index (χ0) is 15.0. The van der Waals surface area contributed by atoms with E-state index in [1.165, 1.54) is 0 Å². The van der Waals surface area contributed by atoms with Crippen molar-refractivity contribution in [2.45, 2.75) is 32.9 Å². The molecule has 4 nitrogen and oxygen atoms in total. The largest absolute Gasteiger partial charge is 0.478 e. The summed E-state index contributed by atoms with van der Waals surface area (Å²) < 4.78 is 0. The van der Waals surface area contributed by atoms with E-state index in [0.717, 1.165) is 41.3 Å². The van der Waals surface area contributed by atoms with Crippen molar-refractivity contribution in [3.63, 3.8) is 0 Å². The standard InChI is InChI=1S/C16H18N2O2S/c1-10(15-9-21-11(2)17-15)18-7-6-13-12(8-18)4-3-5-14(13)16(19)20/h3-5,9-10H,6-8H2,1-2H3,(H,19,20). The molecule has 2 heterocycles. The van der Waals surface area contributed by atoms with E-state index in [1.807, 2.05) is 19.1 Å². The summed E-state index contributed by atoms with van der Waals surface area (Å²) in [6.07, 6.45) is 0.783. The van der Waals surface area contributed by atoms with Gasteiger partial charge in [0.05, 0.1) is 22.3 Å². The first-order chi connectivity index (χ1) is 10.1. The lowest BCUT2D eigenvalue weighted by atomic mass is 9.93. The number of thiazole rings is 1. The van der Waals surface area contributed by atoms with Gasteiger partial charge < -0.3 is 5.11 Å². The Morgan fingerprint density at radius 2 is 2.29 bits per heavy atom. The van der Waals surface area contributed by atoms with Crippen LogP contribution in [0.2, 0.25) is 0 Å². The van der Waals surface area contributed by atoms with Gasteiger partial charge in [-0.1, -0.05) is 12.1 Å². The van der Waals surface area contributed by atoms with Crippen molar-refractivity contribution in [2.75, 3.05) is 6.54 Å². The number of rotatable bonds is 3. The third-order valence-electron chi connectivity index (χ3n) is 4.14. The van der Waals surface area contributed by atoms with Crippen LogP contribution in [0.5, 0.6) is 0 Å². The highest BCUT2D eigenvalue weighted by Gasteiger charge is 2.25. The molecule has 1 aliphatic heterocycles. The van der Waals surface area contributed by atoms with Crippen molar-refractivity contribution in [3.8, 4) is 0 Å². The van der Waals surface area contributed by atoms with E-state index >= 15 is 0 Å². The number of fused-ring (bicyclic) bond motifs is 1. The molecule has 1 atom stereocenters. The maximum absolute atomic E-state index is 11.3. The first-order valence-electron chi connectivity index (χ1n) is 7.06. The second kappa shape index (κ2) is 5.58. The summed E-state index contributed by atoms with van der Waals surface area (Å²) in [5.74, 6) is -0.830. The molecule has 0 bridgehead atoms. The number of hydrogen-bond donors (Lipinski definition) is 1. The number of aromatic carboxylic acids is 1. The minimum Gasteiger partial charge on any atom is -0.478 e. The molecule has 0 aliphatic carbocycles. The molecule has 0 saturated carbocycles. The van der Waals surface area contributed by atoms with E-state index in [2.05, 4.69) is 22.2 Å². The van der Waals surface area contributed by atoms with Gasteiger partial charge in [0, 0.05) is 18.5 Å². The smallest absolute Gasteiger partial charge is 0.335 e. The van der Waals surface area contributed by atoms with Gasteiger partial charge in [-0.15, -0.1) is 11.3 Å². The fourth-order valence-corrected chi connectivity index (χ4v) is 3.62. The average Bonchev–Trinajstić information content (AvgIpc) is 2.91. The normalized spacial score (nSPS) is 16.5. The topological polar surface area (TPSA) is 53.4 Å². The number of nitrogens with zero attached hydrogens (tertiary/aromatic N) is 2. The van der Waals surface area contributed by atoms with Crippen LogP contribution in [0.3, 0.4) is 0 Å². The van der Waals surface area contributed by atoms with Crippen molar-refractivity contribution in [1.82, 2.24) is 9.88 Å². The summed E-state index contributed by atoms with van der Waals surface area (Å²) in [4.78, 5) is 18.2. The number of benzene rings is 1. The Labute approximate surface area is 128 Å². The molecule has 1 N–H and O–H groups in total. The Bertz CT molecular complexity index is 681. The fraction of sp³-hybridized carbons (Fsp3) is 0.375. The monoisotopic (exact) mass is 302 g/mol. The molecule has 1 aliphatic rings. The van der Waals surface area contributed by atoms with Gasteiger partial charge in [0.2, 0.25) is 0 Å². The third-order valence-corrected chi connectivity index (χ3v) is 4.93. The maximum atomic E-state index is 11.3. The van der Waals surface area contributed by atoms with Crippen LogP contribution < -0.4 is 0 Å².